The third kappa shape index (κ3) is 2.68. The van der Waals surface area contributed by atoms with Crippen molar-refractivity contribution in [3.63, 3.8) is 0 Å². The fraction of sp³-hybridized carbons (Fsp3) is 0.462. The van der Waals surface area contributed by atoms with Crippen LogP contribution < -0.4 is 5.32 Å². The lowest BCUT2D eigenvalue weighted by Gasteiger charge is -2.36. The minimum absolute atomic E-state index is 0.249. The third-order valence-corrected chi connectivity index (χ3v) is 2.93. The molecule has 1 unspecified atom stereocenters. The van der Waals surface area contributed by atoms with E-state index in [1.807, 2.05) is 0 Å². The fourth-order valence-electron chi connectivity index (χ4n) is 1.72. The first-order valence-corrected chi connectivity index (χ1v) is 5.85. The van der Waals surface area contributed by atoms with Crippen LogP contribution in [0.25, 0.3) is 0 Å². The number of ether oxygens (including phenoxy) is 2. The van der Waals surface area contributed by atoms with Crippen LogP contribution in [-0.4, -0.2) is 18.5 Å². The normalized spacial score (nSPS) is 24.2. The number of hydrogen-bond donors (Lipinski definition) is 1. The topological polar surface area (TPSA) is 47.6 Å². The van der Waals surface area contributed by atoms with E-state index in [4.69, 9.17) is 9.47 Å². The average molecular weight is 253 g/mol. The van der Waals surface area contributed by atoms with Gasteiger partial charge in [-0.05, 0) is 38.5 Å². The Kier molecular flexibility index (Phi) is 3.63. The van der Waals surface area contributed by atoms with Crippen molar-refractivity contribution in [3.05, 3.63) is 29.6 Å². The number of carbonyl (C=O) groups is 1. The Bertz CT molecular complexity index is 458. The molecule has 1 fully saturated rings. The number of hydrogen-bond acceptors (Lipinski definition) is 3. The molecule has 1 aromatic carbocycles. The number of carbonyl (C=O) groups excluding carboxylic acids is 1. The van der Waals surface area contributed by atoms with Crippen molar-refractivity contribution in [1.82, 2.24) is 0 Å². The largest absolute Gasteiger partial charge is 0.325 e. The molecule has 1 saturated heterocycles. The highest BCUT2D eigenvalue weighted by Crippen LogP contribution is 2.25. The van der Waals surface area contributed by atoms with Crippen molar-refractivity contribution in [1.29, 1.82) is 0 Å². The summed E-state index contributed by atoms with van der Waals surface area (Å²) in [5, 5.41) is 2.68. The minimum Gasteiger partial charge on any atom is -0.325 e. The molecule has 1 heterocycles. The number of benzene rings is 1. The molecule has 0 aliphatic carbocycles. The van der Waals surface area contributed by atoms with Crippen molar-refractivity contribution >= 4 is 11.6 Å². The Morgan fingerprint density at radius 3 is 2.72 bits per heavy atom. The van der Waals surface area contributed by atoms with E-state index in [0.29, 0.717) is 5.69 Å². The van der Waals surface area contributed by atoms with Gasteiger partial charge in [-0.25, -0.2) is 4.39 Å². The number of rotatable bonds is 3. The molecule has 0 aromatic heterocycles. The second-order valence-electron chi connectivity index (χ2n) is 4.45. The van der Waals surface area contributed by atoms with Crippen LogP contribution in [0.15, 0.2) is 18.2 Å². The van der Waals surface area contributed by atoms with Crippen LogP contribution in [0.3, 0.4) is 0 Å². The third-order valence-electron chi connectivity index (χ3n) is 2.93. The summed E-state index contributed by atoms with van der Waals surface area (Å²) >= 11 is 0. The van der Waals surface area contributed by atoms with Crippen molar-refractivity contribution in [2.75, 3.05) is 5.32 Å². The van der Waals surface area contributed by atoms with Crippen LogP contribution in [0, 0.1) is 18.7 Å². The highest BCUT2D eigenvalue weighted by atomic mass is 19.1. The lowest BCUT2D eigenvalue weighted by molar-refractivity contribution is -0.385. The molecule has 2 rings (SSSR count). The number of anilines is 1. The molecule has 1 N–H and O–H groups in total. The van der Waals surface area contributed by atoms with Crippen LogP contribution >= 0.6 is 0 Å². The van der Waals surface area contributed by atoms with E-state index < -0.39 is 12.2 Å². The van der Waals surface area contributed by atoms with Crippen LogP contribution in [0.2, 0.25) is 0 Å². The summed E-state index contributed by atoms with van der Waals surface area (Å²) in [5.41, 5.74) is 1.28. The molecule has 98 valence electrons. The van der Waals surface area contributed by atoms with Crippen LogP contribution in [-0.2, 0) is 14.3 Å². The van der Waals surface area contributed by atoms with E-state index in [1.165, 1.54) is 12.1 Å². The molecule has 0 saturated carbocycles. The van der Waals surface area contributed by atoms with Crippen molar-refractivity contribution in [2.45, 2.75) is 33.4 Å². The van der Waals surface area contributed by atoms with Gasteiger partial charge in [-0.1, -0.05) is 6.07 Å². The lowest BCUT2D eigenvalue weighted by Crippen LogP contribution is -2.46. The number of aryl methyl sites for hydroxylation is 1. The number of nitrogens with one attached hydrogen (secondary N) is 1. The van der Waals surface area contributed by atoms with Gasteiger partial charge in [0.2, 0.25) is 5.91 Å². The quantitative estimate of drug-likeness (QED) is 0.900. The van der Waals surface area contributed by atoms with Crippen LogP contribution in [0.4, 0.5) is 10.1 Å². The predicted octanol–water partition coefficient (Wildman–Crippen LogP) is 2.43. The predicted molar refractivity (Wildman–Crippen MR) is 64.4 cm³/mol. The van der Waals surface area contributed by atoms with Crippen molar-refractivity contribution < 1.29 is 18.7 Å². The summed E-state index contributed by atoms with van der Waals surface area (Å²) in [7, 11) is 0. The van der Waals surface area contributed by atoms with Gasteiger partial charge < -0.3 is 14.8 Å². The van der Waals surface area contributed by atoms with Gasteiger partial charge in [0.1, 0.15) is 5.82 Å². The molecule has 0 radical (unpaired) electrons. The van der Waals surface area contributed by atoms with Crippen molar-refractivity contribution in [3.8, 4) is 0 Å². The van der Waals surface area contributed by atoms with Gasteiger partial charge in [-0.2, -0.15) is 0 Å². The zero-order valence-electron chi connectivity index (χ0n) is 10.6. The highest BCUT2D eigenvalue weighted by molar-refractivity contribution is 5.93. The van der Waals surface area contributed by atoms with Gasteiger partial charge in [0.25, 0.3) is 0 Å². The molecular weight excluding hydrogens is 237 g/mol. The van der Waals surface area contributed by atoms with E-state index in [0.717, 1.165) is 5.56 Å². The molecule has 1 aromatic rings. The minimum atomic E-state index is -0.520. The van der Waals surface area contributed by atoms with Crippen LogP contribution in [0.1, 0.15) is 19.4 Å². The van der Waals surface area contributed by atoms with E-state index in [1.54, 1.807) is 26.8 Å². The summed E-state index contributed by atoms with van der Waals surface area (Å²) in [4.78, 5) is 11.9. The Morgan fingerprint density at radius 2 is 2.11 bits per heavy atom. The summed E-state index contributed by atoms with van der Waals surface area (Å²) in [5.74, 6) is -1.07. The van der Waals surface area contributed by atoms with E-state index in [2.05, 4.69) is 5.32 Å². The molecule has 18 heavy (non-hydrogen) atoms. The molecule has 1 aliphatic rings. The molecule has 4 nitrogen and oxygen atoms in total. The van der Waals surface area contributed by atoms with E-state index in [9.17, 15) is 9.18 Å². The summed E-state index contributed by atoms with van der Waals surface area (Å²) < 4.78 is 23.6. The fourth-order valence-corrected chi connectivity index (χ4v) is 1.72. The van der Waals surface area contributed by atoms with Crippen LogP contribution in [0.5, 0.6) is 0 Å². The Labute approximate surface area is 105 Å². The highest BCUT2D eigenvalue weighted by Gasteiger charge is 2.36. The SMILES string of the molecule is Cc1ccc(F)cc1NC(=O)C(C)C1OC(C)O1. The maximum absolute atomic E-state index is 13.1. The van der Waals surface area contributed by atoms with Gasteiger partial charge in [-0.15, -0.1) is 0 Å². The second kappa shape index (κ2) is 5.04. The van der Waals surface area contributed by atoms with Crippen molar-refractivity contribution in [2.24, 2.45) is 5.92 Å². The first kappa shape index (κ1) is 13.0. The summed E-state index contributed by atoms with van der Waals surface area (Å²) in [6.45, 7) is 5.27. The first-order valence-electron chi connectivity index (χ1n) is 5.85. The zero-order chi connectivity index (χ0) is 13.3. The Morgan fingerprint density at radius 1 is 1.44 bits per heavy atom. The van der Waals surface area contributed by atoms with E-state index in [-0.39, 0.29) is 18.0 Å². The number of amides is 1. The standard InChI is InChI=1S/C13H16FNO3/c1-7-4-5-10(14)6-11(7)15-12(16)8(2)13-17-9(3)18-13/h4-6,8-9,13H,1-3H3,(H,15,16). The monoisotopic (exact) mass is 253 g/mol. The van der Waals surface area contributed by atoms with Gasteiger partial charge >= 0.3 is 0 Å². The molecule has 1 aliphatic heterocycles. The van der Waals surface area contributed by atoms with Gasteiger partial charge in [0.05, 0.1) is 5.92 Å². The smallest absolute Gasteiger partial charge is 0.232 e. The zero-order valence-corrected chi connectivity index (χ0v) is 10.6. The lowest BCUT2D eigenvalue weighted by atomic mass is 10.1. The molecular formula is C13H16FNO3. The summed E-state index contributed by atoms with van der Waals surface area (Å²) in [6, 6.07) is 4.27. The summed E-state index contributed by atoms with van der Waals surface area (Å²) in [6.07, 6.45) is -0.782. The van der Waals surface area contributed by atoms with Gasteiger partial charge in [0, 0.05) is 5.69 Å². The Balaban J connectivity index is 2.00. The molecule has 1 amide bonds. The maximum Gasteiger partial charge on any atom is 0.232 e. The van der Waals surface area contributed by atoms with E-state index >= 15 is 0 Å². The Hall–Kier alpha value is -1.46. The molecule has 5 heteroatoms. The van der Waals surface area contributed by atoms with Gasteiger partial charge in [0.15, 0.2) is 12.6 Å². The molecule has 0 spiro atoms. The first-order chi connectivity index (χ1) is 8.47. The van der Waals surface area contributed by atoms with Gasteiger partial charge in [-0.3, -0.25) is 4.79 Å². The maximum atomic E-state index is 13.1. The molecule has 1 atom stereocenters. The second-order valence-corrected chi connectivity index (χ2v) is 4.45. The average Bonchev–Trinajstić information content (AvgIpc) is 2.29. The molecule has 0 bridgehead atoms. The number of halogens is 1.